The summed E-state index contributed by atoms with van der Waals surface area (Å²) in [5.41, 5.74) is 2.09. The van der Waals surface area contributed by atoms with Crippen LogP contribution in [0.25, 0.3) is 0 Å². The van der Waals surface area contributed by atoms with E-state index < -0.39 is 0 Å². The van der Waals surface area contributed by atoms with Gasteiger partial charge in [0.25, 0.3) is 5.91 Å². The number of aromatic hydroxyl groups is 1. The summed E-state index contributed by atoms with van der Waals surface area (Å²) in [6.07, 6.45) is 0. The SMILES string of the molecule is Cc1cccc(OCCNC(=O)c2cccc(C)c2O)c1. The van der Waals surface area contributed by atoms with Crippen LogP contribution < -0.4 is 10.1 Å². The zero-order chi connectivity index (χ0) is 15.2. The van der Waals surface area contributed by atoms with Gasteiger partial charge >= 0.3 is 0 Å². The molecule has 0 heterocycles. The van der Waals surface area contributed by atoms with E-state index in [1.807, 2.05) is 31.2 Å². The van der Waals surface area contributed by atoms with Crippen molar-refractivity contribution in [3.63, 3.8) is 0 Å². The quantitative estimate of drug-likeness (QED) is 0.831. The third kappa shape index (κ3) is 3.99. The molecule has 4 heteroatoms. The topological polar surface area (TPSA) is 58.6 Å². The van der Waals surface area contributed by atoms with E-state index in [4.69, 9.17) is 4.74 Å². The van der Waals surface area contributed by atoms with E-state index in [9.17, 15) is 9.90 Å². The predicted molar refractivity (Wildman–Crippen MR) is 81.9 cm³/mol. The largest absolute Gasteiger partial charge is 0.507 e. The molecule has 0 saturated carbocycles. The Hall–Kier alpha value is -2.49. The molecule has 2 N–H and O–H groups in total. The molecule has 2 aromatic rings. The first-order chi connectivity index (χ1) is 10.1. The van der Waals surface area contributed by atoms with Crippen LogP contribution in [0, 0.1) is 13.8 Å². The minimum Gasteiger partial charge on any atom is -0.507 e. The lowest BCUT2D eigenvalue weighted by Crippen LogP contribution is -2.28. The van der Waals surface area contributed by atoms with Crippen LogP contribution >= 0.6 is 0 Å². The van der Waals surface area contributed by atoms with Crippen molar-refractivity contribution in [2.24, 2.45) is 0 Å². The summed E-state index contributed by atoms with van der Waals surface area (Å²) in [5.74, 6) is 0.501. The van der Waals surface area contributed by atoms with Crippen LogP contribution in [-0.4, -0.2) is 24.2 Å². The second kappa shape index (κ2) is 6.79. The van der Waals surface area contributed by atoms with Gasteiger partial charge in [-0.2, -0.15) is 0 Å². The van der Waals surface area contributed by atoms with Crippen LogP contribution in [0.2, 0.25) is 0 Å². The molecular weight excluding hydrogens is 266 g/mol. The summed E-state index contributed by atoms with van der Waals surface area (Å²) in [6.45, 7) is 4.50. The lowest BCUT2D eigenvalue weighted by molar-refractivity contribution is 0.0944. The molecule has 0 unspecified atom stereocenters. The Morgan fingerprint density at radius 1 is 1.19 bits per heavy atom. The molecule has 21 heavy (non-hydrogen) atoms. The Morgan fingerprint density at radius 2 is 1.95 bits per heavy atom. The highest BCUT2D eigenvalue weighted by Gasteiger charge is 2.11. The van der Waals surface area contributed by atoms with Gasteiger partial charge in [0.15, 0.2) is 0 Å². The van der Waals surface area contributed by atoms with Crippen molar-refractivity contribution < 1.29 is 14.6 Å². The number of amides is 1. The average Bonchev–Trinajstić information content (AvgIpc) is 2.46. The fourth-order valence-electron chi connectivity index (χ4n) is 1.98. The van der Waals surface area contributed by atoms with Crippen LogP contribution in [0.5, 0.6) is 11.5 Å². The smallest absolute Gasteiger partial charge is 0.255 e. The maximum Gasteiger partial charge on any atom is 0.255 e. The maximum absolute atomic E-state index is 12.0. The van der Waals surface area contributed by atoms with Gasteiger partial charge in [0.1, 0.15) is 18.1 Å². The molecule has 110 valence electrons. The minimum atomic E-state index is -0.302. The van der Waals surface area contributed by atoms with Gasteiger partial charge in [-0.05, 0) is 43.2 Å². The lowest BCUT2D eigenvalue weighted by atomic mass is 10.1. The van der Waals surface area contributed by atoms with Gasteiger partial charge in [-0.15, -0.1) is 0 Å². The Kier molecular flexibility index (Phi) is 4.82. The number of carbonyl (C=O) groups excluding carboxylic acids is 1. The maximum atomic E-state index is 12.0. The second-order valence-corrected chi connectivity index (χ2v) is 4.89. The molecule has 0 aromatic heterocycles. The van der Waals surface area contributed by atoms with Gasteiger partial charge in [0, 0.05) is 0 Å². The molecule has 0 saturated heterocycles. The van der Waals surface area contributed by atoms with Gasteiger partial charge in [-0.25, -0.2) is 0 Å². The van der Waals surface area contributed by atoms with E-state index >= 15 is 0 Å². The fourth-order valence-corrected chi connectivity index (χ4v) is 1.98. The number of aryl methyl sites for hydroxylation is 2. The first-order valence-electron chi connectivity index (χ1n) is 6.84. The van der Waals surface area contributed by atoms with E-state index in [0.29, 0.717) is 18.7 Å². The first-order valence-corrected chi connectivity index (χ1v) is 6.84. The van der Waals surface area contributed by atoms with Crippen molar-refractivity contribution >= 4 is 5.91 Å². The molecule has 0 bridgehead atoms. The normalized spacial score (nSPS) is 10.2. The van der Waals surface area contributed by atoms with Gasteiger partial charge in [0.2, 0.25) is 0 Å². The monoisotopic (exact) mass is 285 g/mol. The van der Waals surface area contributed by atoms with Crippen LogP contribution in [0.1, 0.15) is 21.5 Å². The molecule has 2 rings (SSSR count). The highest BCUT2D eigenvalue weighted by Crippen LogP contribution is 2.20. The average molecular weight is 285 g/mol. The number of hydrogen-bond donors (Lipinski definition) is 2. The zero-order valence-corrected chi connectivity index (χ0v) is 12.2. The number of ether oxygens (including phenoxy) is 1. The molecule has 0 radical (unpaired) electrons. The predicted octanol–water partition coefficient (Wildman–Crippen LogP) is 2.82. The van der Waals surface area contributed by atoms with Gasteiger partial charge in [-0.1, -0.05) is 24.3 Å². The number of carbonyl (C=O) groups is 1. The molecule has 4 nitrogen and oxygen atoms in total. The highest BCUT2D eigenvalue weighted by molar-refractivity contribution is 5.97. The number of nitrogens with one attached hydrogen (secondary N) is 1. The number of hydrogen-bond acceptors (Lipinski definition) is 3. The molecule has 0 aliphatic heterocycles. The van der Waals surface area contributed by atoms with Crippen molar-refractivity contribution in [2.75, 3.05) is 13.2 Å². The molecule has 0 atom stereocenters. The molecule has 0 fully saturated rings. The van der Waals surface area contributed by atoms with Crippen LogP contribution in [0.3, 0.4) is 0 Å². The van der Waals surface area contributed by atoms with Crippen molar-refractivity contribution in [2.45, 2.75) is 13.8 Å². The third-order valence-corrected chi connectivity index (χ3v) is 3.13. The van der Waals surface area contributed by atoms with Crippen molar-refractivity contribution in [1.29, 1.82) is 0 Å². The van der Waals surface area contributed by atoms with Crippen molar-refractivity contribution in [3.8, 4) is 11.5 Å². The third-order valence-electron chi connectivity index (χ3n) is 3.13. The van der Waals surface area contributed by atoms with E-state index in [0.717, 1.165) is 11.3 Å². The van der Waals surface area contributed by atoms with Gasteiger partial charge in [0.05, 0.1) is 12.1 Å². The molecule has 0 aliphatic carbocycles. The van der Waals surface area contributed by atoms with Crippen LogP contribution in [-0.2, 0) is 0 Å². The summed E-state index contributed by atoms with van der Waals surface area (Å²) in [5, 5.41) is 12.6. The summed E-state index contributed by atoms with van der Waals surface area (Å²) < 4.78 is 5.55. The standard InChI is InChI=1S/C17H19NO3/c1-12-5-3-7-14(11-12)21-10-9-18-17(20)15-8-4-6-13(2)16(15)19/h3-8,11,19H,9-10H2,1-2H3,(H,18,20). The summed E-state index contributed by atoms with van der Waals surface area (Å²) in [4.78, 5) is 12.0. The van der Waals surface area contributed by atoms with E-state index in [1.54, 1.807) is 25.1 Å². The highest BCUT2D eigenvalue weighted by atomic mass is 16.5. The summed E-state index contributed by atoms with van der Waals surface area (Å²) >= 11 is 0. The summed E-state index contributed by atoms with van der Waals surface area (Å²) in [6, 6.07) is 12.8. The number of phenols is 1. The number of phenolic OH excluding ortho intramolecular Hbond substituents is 1. The van der Waals surface area contributed by atoms with Crippen LogP contribution in [0.4, 0.5) is 0 Å². The number of rotatable bonds is 5. The van der Waals surface area contributed by atoms with E-state index in [1.165, 1.54) is 0 Å². The second-order valence-electron chi connectivity index (χ2n) is 4.89. The van der Waals surface area contributed by atoms with Crippen LogP contribution in [0.15, 0.2) is 42.5 Å². The van der Waals surface area contributed by atoms with Gasteiger partial charge in [-0.3, -0.25) is 4.79 Å². The van der Waals surface area contributed by atoms with E-state index in [2.05, 4.69) is 5.32 Å². The number of para-hydroxylation sites is 1. The molecular formula is C17H19NO3. The molecule has 1 amide bonds. The first kappa shape index (κ1) is 14.9. The molecule has 2 aromatic carbocycles. The Bertz CT molecular complexity index is 638. The molecule has 0 spiro atoms. The van der Waals surface area contributed by atoms with Crippen molar-refractivity contribution in [3.05, 3.63) is 59.2 Å². The fraction of sp³-hybridized carbons (Fsp3) is 0.235. The molecule has 0 aliphatic rings. The number of benzene rings is 2. The Morgan fingerprint density at radius 3 is 2.71 bits per heavy atom. The Labute approximate surface area is 124 Å². The Balaban J connectivity index is 1.83. The summed E-state index contributed by atoms with van der Waals surface area (Å²) in [7, 11) is 0. The zero-order valence-electron chi connectivity index (χ0n) is 12.2. The van der Waals surface area contributed by atoms with Crippen molar-refractivity contribution in [1.82, 2.24) is 5.32 Å². The minimum absolute atomic E-state index is 0.0228. The lowest BCUT2D eigenvalue weighted by Gasteiger charge is -2.10. The van der Waals surface area contributed by atoms with Gasteiger partial charge < -0.3 is 15.2 Å². The van der Waals surface area contributed by atoms with E-state index in [-0.39, 0.29) is 17.2 Å².